The van der Waals surface area contributed by atoms with Gasteiger partial charge in [-0.05, 0) is 48.1 Å². The van der Waals surface area contributed by atoms with E-state index >= 15 is 0 Å². The molecule has 200 valence electrons. The maximum Gasteiger partial charge on any atom is 0.111 e. The summed E-state index contributed by atoms with van der Waals surface area (Å²) in [6.45, 7) is 17.3. The lowest BCUT2D eigenvalue weighted by molar-refractivity contribution is 0.0196. The van der Waals surface area contributed by atoms with Crippen molar-refractivity contribution in [2.24, 2.45) is 0 Å². The van der Waals surface area contributed by atoms with Gasteiger partial charge in [-0.15, -0.1) is 0 Å². The molecule has 6 nitrogen and oxygen atoms in total. The molecule has 0 N–H and O–H groups in total. The highest BCUT2D eigenvalue weighted by molar-refractivity contribution is 5.70. The van der Waals surface area contributed by atoms with Crippen LogP contribution in [0.15, 0.2) is 37.1 Å². The molecular formula is C29H48O6. The van der Waals surface area contributed by atoms with Gasteiger partial charge in [-0.1, -0.05) is 57.9 Å². The summed E-state index contributed by atoms with van der Waals surface area (Å²) in [4.78, 5) is 0. The Morgan fingerprint density at radius 3 is 1.89 bits per heavy atom. The summed E-state index contributed by atoms with van der Waals surface area (Å²) in [6, 6.07) is 8.25. The van der Waals surface area contributed by atoms with Crippen LogP contribution >= 0.6 is 0 Å². The van der Waals surface area contributed by atoms with E-state index in [1.807, 2.05) is 19.1 Å². The van der Waals surface area contributed by atoms with Gasteiger partial charge in [-0.3, -0.25) is 0 Å². The normalized spacial score (nSPS) is 11.7. The Labute approximate surface area is 213 Å². The Morgan fingerprint density at radius 2 is 1.23 bits per heavy atom. The molecule has 0 radical (unpaired) electrons. The average molecular weight is 493 g/mol. The molecule has 0 amide bonds. The molecule has 0 fully saturated rings. The number of allylic oxidation sites excluding steroid dienone is 1. The molecule has 1 aromatic rings. The molecule has 0 unspecified atom stereocenters. The maximum atomic E-state index is 5.72. The van der Waals surface area contributed by atoms with E-state index in [0.717, 1.165) is 54.7 Å². The fourth-order valence-electron chi connectivity index (χ4n) is 3.08. The minimum absolute atomic E-state index is 0.471. The predicted molar refractivity (Wildman–Crippen MR) is 144 cm³/mol. The van der Waals surface area contributed by atoms with E-state index in [1.165, 1.54) is 12.8 Å². The van der Waals surface area contributed by atoms with Crippen molar-refractivity contribution < 1.29 is 28.4 Å². The summed E-state index contributed by atoms with van der Waals surface area (Å²) in [5, 5.41) is 0. The van der Waals surface area contributed by atoms with Gasteiger partial charge in [0, 0.05) is 13.2 Å². The molecule has 0 bridgehead atoms. The van der Waals surface area contributed by atoms with E-state index in [0.29, 0.717) is 59.5 Å². The van der Waals surface area contributed by atoms with Crippen molar-refractivity contribution in [1.29, 1.82) is 0 Å². The van der Waals surface area contributed by atoms with Crippen molar-refractivity contribution in [2.45, 2.75) is 52.9 Å². The lowest BCUT2D eigenvalue weighted by Crippen LogP contribution is -2.10. The number of unbranched alkanes of at least 4 members (excludes halogenated alkanes) is 3. The number of ether oxygens (including phenoxy) is 6. The Hall–Kier alpha value is -1.70. The summed E-state index contributed by atoms with van der Waals surface area (Å²) in [5.41, 5.74) is 4.14. The van der Waals surface area contributed by atoms with Crippen LogP contribution in [-0.4, -0.2) is 72.7 Å². The molecule has 0 aliphatic rings. The van der Waals surface area contributed by atoms with Crippen molar-refractivity contribution in [1.82, 2.24) is 0 Å². The molecule has 1 aromatic carbocycles. The van der Waals surface area contributed by atoms with E-state index in [-0.39, 0.29) is 0 Å². The molecule has 0 aliphatic carbocycles. The lowest BCUT2D eigenvalue weighted by atomic mass is 10.0. The van der Waals surface area contributed by atoms with Crippen molar-refractivity contribution >= 4 is 11.1 Å². The molecule has 0 aromatic heterocycles. The third-order valence-corrected chi connectivity index (χ3v) is 5.26. The van der Waals surface area contributed by atoms with Crippen molar-refractivity contribution in [3.8, 4) is 0 Å². The van der Waals surface area contributed by atoms with Crippen LogP contribution in [-0.2, 0) is 28.4 Å². The molecule has 0 saturated heterocycles. The maximum absolute atomic E-state index is 5.72. The molecule has 0 saturated carbocycles. The van der Waals surface area contributed by atoms with Crippen LogP contribution in [0.25, 0.3) is 11.1 Å². The smallest absolute Gasteiger partial charge is 0.111 e. The summed E-state index contributed by atoms with van der Waals surface area (Å²) >= 11 is 0. The van der Waals surface area contributed by atoms with Gasteiger partial charge in [0.1, 0.15) is 6.61 Å². The minimum atomic E-state index is 0.471. The topological polar surface area (TPSA) is 55.4 Å². The Bertz CT molecular complexity index is 673. The van der Waals surface area contributed by atoms with Gasteiger partial charge in [0.05, 0.1) is 59.1 Å². The molecule has 35 heavy (non-hydrogen) atoms. The second-order valence-corrected chi connectivity index (χ2v) is 8.42. The average Bonchev–Trinajstić information content (AvgIpc) is 2.88. The Morgan fingerprint density at radius 1 is 0.686 bits per heavy atom. The van der Waals surface area contributed by atoms with E-state index in [2.05, 4.69) is 32.6 Å². The number of benzene rings is 1. The van der Waals surface area contributed by atoms with Gasteiger partial charge in [-0.25, -0.2) is 0 Å². The van der Waals surface area contributed by atoms with Crippen LogP contribution in [0.2, 0.25) is 0 Å². The SMILES string of the molecule is C=C(COCCOCCOCCCCC)c1cccc(/C(C)=C/OCCOCCOCCCC)c1. The van der Waals surface area contributed by atoms with Gasteiger partial charge in [-0.2, -0.15) is 0 Å². The Kier molecular flexibility index (Phi) is 20.4. The summed E-state index contributed by atoms with van der Waals surface area (Å²) < 4.78 is 33.4. The summed E-state index contributed by atoms with van der Waals surface area (Å²) in [6.07, 6.45) is 7.58. The van der Waals surface area contributed by atoms with Gasteiger partial charge in [0.25, 0.3) is 0 Å². The third-order valence-electron chi connectivity index (χ3n) is 5.26. The van der Waals surface area contributed by atoms with E-state index in [9.17, 15) is 0 Å². The zero-order valence-corrected chi connectivity index (χ0v) is 22.4. The number of hydrogen-bond donors (Lipinski definition) is 0. The zero-order chi connectivity index (χ0) is 25.4. The van der Waals surface area contributed by atoms with Crippen LogP contribution in [0, 0.1) is 0 Å². The fourth-order valence-corrected chi connectivity index (χ4v) is 3.08. The second-order valence-electron chi connectivity index (χ2n) is 8.42. The first-order valence-electron chi connectivity index (χ1n) is 13.1. The number of rotatable bonds is 24. The summed E-state index contributed by atoms with van der Waals surface area (Å²) in [5.74, 6) is 0. The van der Waals surface area contributed by atoms with E-state index in [4.69, 9.17) is 28.4 Å². The van der Waals surface area contributed by atoms with E-state index < -0.39 is 0 Å². The monoisotopic (exact) mass is 492 g/mol. The first kappa shape index (κ1) is 31.3. The van der Waals surface area contributed by atoms with Crippen LogP contribution in [0.5, 0.6) is 0 Å². The van der Waals surface area contributed by atoms with Gasteiger partial charge in [0.2, 0.25) is 0 Å². The zero-order valence-electron chi connectivity index (χ0n) is 22.4. The molecule has 6 heteroatoms. The first-order valence-corrected chi connectivity index (χ1v) is 13.1. The molecule has 0 atom stereocenters. The van der Waals surface area contributed by atoms with Gasteiger partial charge >= 0.3 is 0 Å². The lowest BCUT2D eigenvalue weighted by Gasteiger charge is -2.11. The summed E-state index contributed by atoms with van der Waals surface area (Å²) in [7, 11) is 0. The third kappa shape index (κ3) is 17.4. The molecular weight excluding hydrogens is 444 g/mol. The minimum Gasteiger partial charge on any atom is -0.498 e. The Balaban J connectivity index is 2.16. The van der Waals surface area contributed by atoms with Gasteiger partial charge < -0.3 is 28.4 Å². The van der Waals surface area contributed by atoms with Crippen molar-refractivity contribution in [3.05, 3.63) is 48.2 Å². The largest absolute Gasteiger partial charge is 0.498 e. The standard InChI is InChI=1S/C29H48O6/c1-5-7-9-14-31-16-18-33-20-22-35-25-27(4)29-12-10-11-28(23-29)26(3)24-34-21-19-32-17-15-30-13-8-6-2/h10-12,23-24H,4-9,13-22,25H2,1-3H3/b26-24+. The highest BCUT2D eigenvalue weighted by atomic mass is 16.5. The second kappa shape index (κ2) is 22.7. The predicted octanol–water partition coefficient (Wildman–Crippen LogP) is 6.15. The van der Waals surface area contributed by atoms with Crippen LogP contribution in [0.4, 0.5) is 0 Å². The first-order chi connectivity index (χ1) is 17.2. The highest BCUT2D eigenvalue weighted by Gasteiger charge is 2.03. The number of hydrogen-bond acceptors (Lipinski definition) is 6. The molecule has 1 rings (SSSR count). The molecule has 0 aliphatic heterocycles. The highest BCUT2D eigenvalue weighted by Crippen LogP contribution is 2.20. The fraction of sp³-hybridized carbons (Fsp3) is 0.655. The quantitative estimate of drug-likeness (QED) is 0.127. The van der Waals surface area contributed by atoms with Crippen LogP contribution < -0.4 is 0 Å². The van der Waals surface area contributed by atoms with Crippen LogP contribution in [0.3, 0.4) is 0 Å². The van der Waals surface area contributed by atoms with Crippen LogP contribution in [0.1, 0.15) is 64.0 Å². The van der Waals surface area contributed by atoms with Crippen molar-refractivity contribution in [2.75, 3.05) is 72.7 Å². The van der Waals surface area contributed by atoms with Gasteiger partial charge in [0.15, 0.2) is 0 Å². The molecule has 0 heterocycles. The van der Waals surface area contributed by atoms with Crippen molar-refractivity contribution in [3.63, 3.8) is 0 Å². The van der Waals surface area contributed by atoms with E-state index in [1.54, 1.807) is 6.26 Å². The molecule has 0 spiro atoms.